The fourth-order valence-electron chi connectivity index (χ4n) is 1.08. The molecule has 86 valence electrons. The molecule has 0 fully saturated rings. The van der Waals surface area contributed by atoms with Crippen LogP contribution < -0.4 is 0 Å². The fraction of sp³-hybridized carbons (Fsp3) is 0.182. The van der Waals surface area contributed by atoms with Crippen molar-refractivity contribution in [3.05, 3.63) is 41.0 Å². The molecule has 5 heteroatoms. The van der Waals surface area contributed by atoms with E-state index in [9.17, 15) is 18.0 Å². The lowest BCUT2D eigenvalue weighted by molar-refractivity contribution is -0.137. The third-order valence-corrected chi connectivity index (χ3v) is 1.96. The zero-order valence-corrected chi connectivity index (χ0v) is 8.38. The molecule has 0 saturated carbocycles. The van der Waals surface area contributed by atoms with Crippen LogP contribution in [0.5, 0.6) is 0 Å². The van der Waals surface area contributed by atoms with Gasteiger partial charge in [0.05, 0.1) is 5.56 Å². The van der Waals surface area contributed by atoms with Crippen LogP contribution in [0.15, 0.2) is 29.8 Å². The maximum Gasteiger partial charge on any atom is 0.416 e. The molecule has 0 amide bonds. The molecule has 0 atom stereocenters. The number of benzene rings is 1. The zero-order valence-electron chi connectivity index (χ0n) is 8.38. The van der Waals surface area contributed by atoms with Crippen LogP contribution >= 0.6 is 0 Å². The van der Waals surface area contributed by atoms with Crippen molar-refractivity contribution in [1.29, 1.82) is 0 Å². The van der Waals surface area contributed by atoms with Crippen LogP contribution in [0, 0.1) is 0 Å². The van der Waals surface area contributed by atoms with Crippen molar-refractivity contribution in [3.8, 4) is 0 Å². The van der Waals surface area contributed by atoms with E-state index >= 15 is 0 Å². The molecular formula is C11H9F3O2. The first-order valence-corrected chi connectivity index (χ1v) is 4.39. The lowest BCUT2D eigenvalue weighted by Crippen LogP contribution is -2.04. The molecule has 1 aromatic carbocycles. The highest BCUT2D eigenvalue weighted by Gasteiger charge is 2.29. The molecule has 0 heterocycles. The highest BCUT2D eigenvalue weighted by atomic mass is 19.4. The second-order valence-corrected chi connectivity index (χ2v) is 3.25. The predicted octanol–water partition coefficient (Wildman–Crippen LogP) is 3.19. The average molecular weight is 230 g/mol. The molecule has 0 aliphatic rings. The van der Waals surface area contributed by atoms with Gasteiger partial charge < -0.3 is 5.11 Å². The number of halogens is 3. The van der Waals surface area contributed by atoms with E-state index in [0.717, 1.165) is 12.1 Å². The first kappa shape index (κ1) is 12.3. The van der Waals surface area contributed by atoms with Crippen LogP contribution in [0.2, 0.25) is 0 Å². The van der Waals surface area contributed by atoms with Gasteiger partial charge in [0, 0.05) is 5.57 Å². The van der Waals surface area contributed by atoms with Gasteiger partial charge >= 0.3 is 12.1 Å². The fourth-order valence-corrected chi connectivity index (χ4v) is 1.08. The van der Waals surface area contributed by atoms with E-state index in [1.165, 1.54) is 25.1 Å². The van der Waals surface area contributed by atoms with E-state index in [-0.39, 0.29) is 5.57 Å². The first-order valence-electron chi connectivity index (χ1n) is 4.39. The largest absolute Gasteiger partial charge is 0.478 e. The summed E-state index contributed by atoms with van der Waals surface area (Å²) in [6, 6.07) is 4.30. The number of alkyl halides is 3. The van der Waals surface area contributed by atoms with Gasteiger partial charge in [0.1, 0.15) is 0 Å². The molecule has 0 spiro atoms. The molecule has 1 aromatic rings. The van der Waals surface area contributed by atoms with E-state index in [0.29, 0.717) is 5.56 Å². The molecule has 1 rings (SSSR count). The minimum absolute atomic E-state index is 0.0692. The third kappa shape index (κ3) is 3.12. The normalized spacial score (nSPS) is 12.6. The minimum atomic E-state index is -4.37. The quantitative estimate of drug-likeness (QED) is 0.792. The van der Waals surface area contributed by atoms with Gasteiger partial charge in [0.25, 0.3) is 0 Å². The van der Waals surface area contributed by atoms with Crippen LogP contribution in [0.4, 0.5) is 13.2 Å². The second-order valence-electron chi connectivity index (χ2n) is 3.25. The van der Waals surface area contributed by atoms with E-state index in [1.807, 2.05) is 0 Å². The lowest BCUT2D eigenvalue weighted by atomic mass is 10.1. The van der Waals surface area contributed by atoms with Crippen molar-refractivity contribution in [2.24, 2.45) is 0 Å². The number of hydrogen-bond donors (Lipinski definition) is 1. The topological polar surface area (TPSA) is 37.3 Å². The summed E-state index contributed by atoms with van der Waals surface area (Å²) in [5.74, 6) is -1.10. The Morgan fingerprint density at radius 3 is 2.12 bits per heavy atom. The maximum atomic E-state index is 12.2. The SMILES string of the molecule is C/C(=C/c1ccc(C(F)(F)F)cc1)C(=O)O. The van der Waals surface area contributed by atoms with Crippen molar-refractivity contribution >= 4 is 12.0 Å². The van der Waals surface area contributed by atoms with Gasteiger partial charge in [0.15, 0.2) is 0 Å². The molecule has 0 radical (unpaired) electrons. The van der Waals surface area contributed by atoms with Crippen molar-refractivity contribution in [1.82, 2.24) is 0 Å². The summed E-state index contributed by atoms with van der Waals surface area (Å²) in [5.41, 5.74) is -0.259. The Balaban J connectivity index is 2.97. The summed E-state index contributed by atoms with van der Waals surface area (Å²) >= 11 is 0. The molecule has 0 saturated heterocycles. The van der Waals surface area contributed by atoms with E-state index in [4.69, 9.17) is 5.11 Å². The van der Waals surface area contributed by atoms with Gasteiger partial charge in [-0.15, -0.1) is 0 Å². The Morgan fingerprint density at radius 2 is 1.75 bits per heavy atom. The molecule has 0 unspecified atom stereocenters. The van der Waals surface area contributed by atoms with Crippen molar-refractivity contribution in [2.45, 2.75) is 13.1 Å². The van der Waals surface area contributed by atoms with Gasteiger partial charge in [-0.2, -0.15) is 13.2 Å². The highest BCUT2D eigenvalue weighted by molar-refractivity contribution is 5.91. The Labute approximate surface area is 90.0 Å². The van der Waals surface area contributed by atoms with E-state index in [1.54, 1.807) is 0 Å². The van der Waals surface area contributed by atoms with Crippen molar-refractivity contribution in [3.63, 3.8) is 0 Å². The highest BCUT2D eigenvalue weighted by Crippen LogP contribution is 2.29. The average Bonchev–Trinajstić information content (AvgIpc) is 2.17. The Kier molecular flexibility index (Phi) is 3.37. The number of rotatable bonds is 2. The first-order chi connectivity index (χ1) is 7.30. The van der Waals surface area contributed by atoms with Gasteiger partial charge in [0.2, 0.25) is 0 Å². The van der Waals surface area contributed by atoms with Gasteiger partial charge in [-0.1, -0.05) is 12.1 Å². The second kappa shape index (κ2) is 4.38. The monoisotopic (exact) mass is 230 g/mol. The van der Waals surface area contributed by atoms with Crippen LogP contribution in [0.3, 0.4) is 0 Å². The number of hydrogen-bond acceptors (Lipinski definition) is 1. The third-order valence-electron chi connectivity index (χ3n) is 1.96. The summed E-state index contributed by atoms with van der Waals surface area (Å²) in [6.07, 6.45) is -3.06. The molecule has 0 bridgehead atoms. The maximum absolute atomic E-state index is 12.2. The molecule has 2 nitrogen and oxygen atoms in total. The van der Waals surface area contributed by atoms with Crippen LogP contribution in [-0.2, 0) is 11.0 Å². The summed E-state index contributed by atoms with van der Waals surface area (Å²) in [4.78, 5) is 10.5. The Bertz CT molecular complexity index is 416. The molecule has 16 heavy (non-hydrogen) atoms. The summed E-state index contributed by atoms with van der Waals surface area (Å²) in [6.45, 7) is 1.38. The summed E-state index contributed by atoms with van der Waals surface area (Å²) in [5, 5.41) is 8.58. The predicted molar refractivity (Wildman–Crippen MR) is 52.7 cm³/mol. The van der Waals surface area contributed by atoms with E-state index < -0.39 is 17.7 Å². The number of carboxylic acids is 1. The molecule has 0 aliphatic carbocycles. The number of aliphatic carboxylic acids is 1. The van der Waals surface area contributed by atoms with Gasteiger partial charge in [-0.3, -0.25) is 0 Å². The molecule has 0 aliphatic heterocycles. The Hall–Kier alpha value is -1.78. The van der Waals surface area contributed by atoms with Gasteiger partial charge in [-0.05, 0) is 30.7 Å². The molecule has 1 N–H and O–H groups in total. The molecule has 0 aromatic heterocycles. The zero-order chi connectivity index (χ0) is 12.3. The standard InChI is InChI=1S/C11H9F3O2/c1-7(10(15)16)6-8-2-4-9(5-3-8)11(12,13)14/h2-6H,1H3,(H,15,16)/b7-6-. The number of carbonyl (C=O) groups is 1. The van der Waals surface area contributed by atoms with Crippen molar-refractivity contribution < 1.29 is 23.1 Å². The Morgan fingerprint density at radius 1 is 1.25 bits per heavy atom. The van der Waals surface area contributed by atoms with Crippen LogP contribution in [0.1, 0.15) is 18.1 Å². The lowest BCUT2D eigenvalue weighted by Gasteiger charge is -2.06. The smallest absolute Gasteiger partial charge is 0.416 e. The summed E-state index contributed by atoms with van der Waals surface area (Å²) in [7, 11) is 0. The molecular weight excluding hydrogens is 221 g/mol. The van der Waals surface area contributed by atoms with E-state index in [2.05, 4.69) is 0 Å². The summed E-state index contributed by atoms with van der Waals surface area (Å²) < 4.78 is 36.6. The van der Waals surface area contributed by atoms with Crippen LogP contribution in [-0.4, -0.2) is 11.1 Å². The van der Waals surface area contributed by atoms with Gasteiger partial charge in [-0.25, -0.2) is 4.79 Å². The van der Waals surface area contributed by atoms with Crippen LogP contribution in [0.25, 0.3) is 6.08 Å². The number of carboxylic acid groups (broad SMARTS) is 1. The minimum Gasteiger partial charge on any atom is -0.478 e. The van der Waals surface area contributed by atoms with Crippen molar-refractivity contribution in [2.75, 3.05) is 0 Å².